The Kier molecular flexibility index (Phi) is 3.86. The van der Waals surface area contributed by atoms with Gasteiger partial charge in [-0.2, -0.15) is 0 Å². The number of hydrogen-bond donors (Lipinski definition) is 1. The molecule has 1 atom stereocenters. The molecule has 1 N–H and O–H groups in total. The van der Waals surface area contributed by atoms with Gasteiger partial charge in [0, 0.05) is 22.5 Å². The Morgan fingerprint density at radius 3 is 2.44 bits per heavy atom. The SMILES string of the molecule is CCC(CC)(CC)n1c(C)cc2c1CCCC2O. The zero-order valence-electron chi connectivity index (χ0n) is 12.3. The first-order valence-corrected chi connectivity index (χ1v) is 7.49. The van der Waals surface area contributed by atoms with Gasteiger partial charge < -0.3 is 9.67 Å². The predicted molar refractivity (Wildman–Crippen MR) is 75.9 cm³/mol. The summed E-state index contributed by atoms with van der Waals surface area (Å²) in [4.78, 5) is 0. The third kappa shape index (κ3) is 1.91. The molecule has 0 aliphatic heterocycles. The molecule has 0 aromatic carbocycles. The zero-order chi connectivity index (χ0) is 13.3. The van der Waals surface area contributed by atoms with Crippen LogP contribution in [-0.4, -0.2) is 9.67 Å². The van der Waals surface area contributed by atoms with E-state index in [1.165, 1.54) is 17.0 Å². The molecular formula is C16H27NO. The van der Waals surface area contributed by atoms with E-state index < -0.39 is 0 Å². The van der Waals surface area contributed by atoms with Crippen LogP contribution in [-0.2, 0) is 12.0 Å². The average molecular weight is 249 g/mol. The number of fused-ring (bicyclic) bond motifs is 1. The van der Waals surface area contributed by atoms with Crippen molar-refractivity contribution in [3.63, 3.8) is 0 Å². The van der Waals surface area contributed by atoms with Crippen molar-refractivity contribution in [1.82, 2.24) is 4.57 Å². The Balaban J connectivity index is 2.57. The lowest BCUT2D eigenvalue weighted by Gasteiger charge is -2.37. The average Bonchev–Trinajstić information content (AvgIpc) is 2.72. The summed E-state index contributed by atoms with van der Waals surface area (Å²) in [5.74, 6) is 0. The van der Waals surface area contributed by atoms with Crippen LogP contribution in [0.15, 0.2) is 6.07 Å². The summed E-state index contributed by atoms with van der Waals surface area (Å²) in [7, 11) is 0. The first kappa shape index (κ1) is 13.7. The topological polar surface area (TPSA) is 25.2 Å². The summed E-state index contributed by atoms with van der Waals surface area (Å²) < 4.78 is 2.55. The number of rotatable bonds is 4. The van der Waals surface area contributed by atoms with Gasteiger partial charge in [-0.05, 0) is 51.5 Å². The first-order valence-electron chi connectivity index (χ1n) is 7.49. The lowest BCUT2D eigenvalue weighted by molar-refractivity contribution is 0.152. The molecule has 2 nitrogen and oxygen atoms in total. The second kappa shape index (κ2) is 5.08. The predicted octanol–water partition coefficient (Wildman–Crippen LogP) is 4.09. The molecular weight excluding hydrogens is 222 g/mol. The van der Waals surface area contributed by atoms with Gasteiger partial charge in [0.15, 0.2) is 0 Å². The van der Waals surface area contributed by atoms with Gasteiger partial charge in [-0.1, -0.05) is 20.8 Å². The van der Waals surface area contributed by atoms with Crippen molar-refractivity contribution in [2.45, 2.75) is 77.9 Å². The van der Waals surface area contributed by atoms with Crippen LogP contribution >= 0.6 is 0 Å². The Morgan fingerprint density at radius 2 is 1.89 bits per heavy atom. The Hall–Kier alpha value is -0.760. The summed E-state index contributed by atoms with van der Waals surface area (Å²) >= 11 is 0. The zero-order valence-corrected chi connectivity index (χ0v) is 12.3. The molecule has 18 heavy (non-hydrogen) atoms. The highest BCUT2D eigenvalue weighted by Crippen LogP contribution is 2.39. The van der Waals surface area contributed by atoms with E-state index in [1.54, 1.807) is 0 Å². The molecule has 1 unspecified atom stereocenters. The van der Waals surface area contributed by atoms with E-state index in [-0.39, 0.29) is 11.6 Å². The summed E-state index contributed by atoms with van der Waals surface area (Å²) in [5, 5.41) is 10.2. The molecule has 102 valence electrons. The normalized spacial score (nSPS) is 19.9. The van der Waals surface area contributed by atoms with Crippen LogP contribution in [0.1, 0.15) is 75.9 Å². The quantitative estimate of drug-likeness (QED) is 0.854. The van der Waals surface area contributed by atoms with Crippen molar-refractivity contribution in [3.8, 4) is 0 Å². The lowest BCUT2D eigenvalue weighted by Crippen LogP contribution is -2.34. The minimum atomic E-state index is -0.239. The van der Waals surface area contributed by atoms with E-state index in [2.05, 4.69) is 38.3 Å². The maximum atomic E-state index is 10.2. The fraction of sp³-hybridized carbons (Fsp3) is 0.750. The number of aryl methyl sites for hydroxylation is 1. The molecule has 1 heterocycles. The second-order valence-electron chi connectivity index (χ2n) is 5.72. The van der Waals surface area contributed by atoms with Crippen LogP contribution in [0.5, 0.6) is 0 Å². The number of hydrogen-bond acceptors (Lipinski definition) is 1. The van der Waals surface area contributed by atoms with Gasteiger partial charge in [-0.3, -0.25) is 0 Å². The molecule has 2 rings (SSSR count). The van der Waals surface area contributed by atoms with Gasteiger partial charge in [-0.15, -0.1) is 0 Å². The van der Waals surface area contributed by atoms with E-state index in [4.69, 9.17) is 0 Å². The monoisotopic (exact) mass is 249 g/mol. The second-order valence-corrected chi connectivity index (χ2v) is 5.72. The minimum Gasteiger partial charge on any atom is -0.388 e. The summed E-state index contributed by atoms with van der Waals surface area (Å²) in [6.07, 6.45) is 6.42. The molecule has 0 fully saturated rings. The smallest absolute Gasteiger partial charge is 0.0807 e. The van der Waals surface area contributed by atoms with Crippen molar-refractivity contribution in [1.29, 1.82) is 0 Å². The third-order valence-corrected chi connectivity index (χ3v) is 5.02. The van der Waals surface area contributed by atoms with Gasteiger partial charge in [-0.25, -0.2) is 0 Å². The fourth-order valence-corrected chi connectivity index (χ4v) is 3.76. The molecule has 0 spiro atoms. The fourth-order valence-electron chi connectivity index (χ4n) is 3.76. The van der Waals surface area contributed by atoms with Crippen molar-refractivity contribution in [3.05, 3.63) is 23.0 Å². The maximum absolute atomic E-state index is 10.2. The van der Waals surface area contributed by atoms with E-state index in [1.807, 2.05) is 0 Å². The van der Waals surface area contributed by atoms with Crippen molar-refractivity contribution in [2.75, 3.05) is 0 Å². The number of aliphatic hydroxyl groups is 1. The number of nitrogens with zero attached hydrogens (tertiary/aromatic N) is 1. The third-order valence-electron chi connectivity index (χ3n) is 5.02. The van der Waals surface area contributed by atoms with Gasteiger partial charge in [0.25, 0.3) is 0 Å². The van der Waals surface area contributed by atoms with Crippen LogP contribution in [0.2, 0.25) is 0 Å². The first-order chi connectivity index (χ1) is 8.59. The number of aliphatic hydroxyl groups excluding tert-OH is 1. The van der Waals surface area contributed by atoms with Gasteiger partial charge >= 0.3 is 0 Å². The number of aromatic nitrogens is 1. The van der Waals surface area contributed by atoms with Crippen molar-refractivity contribution in [2.24, 2.45) is 0 Å². The summed E-state index contributed by atoms with van der Waals surface area (Å²) in [6, 6.07) is 2.22. The molecule has 0 saturated heterocycles. The minimum absolute atomic E-state index is 0.239. The summed E-state index contributed by atoms with van der Waals surface area (Å²) in [6.45, 7) is 9.06. The van der Waals surface area contributed by atoms with Crippen LogP contribution < -0.4 is 0 Å². The van der Waals surface area contributed by atoms with E-state index >= 15 is 0 Å². The molecule has 2 heteroatoms. The van der Waals surface area contributed by atoms with Crippen molar-refractivity contribution >= 4 is 0 Å². The molecule has 1 aliphatic carbocycles. The van der Waals surface area contributed by atoms with Crippen LogP contribution in [0.4, 0.5) is 0 Å². The lowest BCUT2D eigenvalue weighted by atomic mass is 9.87. The molecule has 0 saturated carbocycles. The molecule has 1 aliphatic rings. The largest absolute Gasteiger partial charge is 0.388 e. The Labute approximate surface area is 111 Å². The van der Waals surface area contributed by atoms with Gasteiger partial charge in [0.2, 0.25) is 0 Å². The summed E-state index contributed by atoms with van der Waals surface area (Å²) in [5.41, 5.74) is 4.16. The molecule has 0 bridgehead atoms. The van der Waals surface area contributed by atoms with Gasteiger partial charge in [0.1, 0.15) is 0 Å². The highest BCUT2D eigenvalue weighted by Gasteiger charge is 2.33. The van der Waals surface area contributed by atoms with E-state index in [0.717, 1.165) is 38.5 Å². The highest BCUT2D eigenvalue weighted by atomic mass is 16.3. The van der Waals surface area contributed by atoms with Gasteiger partial charge in [0.05, 0.1) is 6.10 Å². The van der Waals surface area contributed by atoms with E-state index in [9.17, 15) is 5.11 Å². The Morgan fingerprint density at radius 1 is 1.28 bits per heavy atom. The van der Waals surface area contributed by atoms with Crippen LogP contribution in [0.3, 0.4) is 0 Å². The Bertz CT molecular complexity index is 407. The molecule has 0 radical (unpaired) electrons. The molecule has 0 amide bonds. The van der Waals surface area contributed by atoms with E-state index in [0.29, 0.717) is 0 Å². The van der Waals surface area contributed by atoms with Crippen molar-refractivity contribution < 1.29 is 5.11 Å². The van der Waals surface area contributed by atoms with Crippen LogP contribution in [0, 0.1) is 6.92 Å². The molecule has 1 aromatic heterocycles. The highest BCUT2D eigenvalue weighted by molar-refractivity contribution is 5.33. The maximum Gasteiger partial charge on any atom is 0.0807 e. The van der Waals surface area contributed by atoms with Crippen LogP contribution in [0.25, 0.3) is 0 Å². The molecule has 1 aromatic rings. The standard InChI is InChI=1S/C16H27NO/c1-5-16(6-2,7-3)17-12(4)11-13-14(17)9-8-10-15(13)18/h11,15,18H,5-10H2,1-4H3.